The molecule has 0 unspecified atom stereocenters. The fourth-order valence-corrected chi connectivity index (χ4v) is 5.73. The van der Waals surface area contributed by atoms with Crippen molar-refractivity contribution in [1.82, 2.24) is 13.9 Å². The van der Waals surface area contributed by atoms with Gasteiger partial charge in [0.05, 0.1) is 29.1 Å². The van der Waals surface area contributed by atoms with Crippen molar-refractivity contribution in [2.24, 2.45) is 0 Å². The fourth-order valence-electron chi connectivity index (χ4n) is 4.30. The van der Waals surface area contributed by atoms with Crippen molar-refractivity contribution >= 4 is 32.7 Å². The van der Waals surface area contributed by atoms with Crippen molar-refractivity contribution < 1.29 is 17.9 Å². The highest BCUT2D eigenvalue weighted by Gasteiger charge is 2.27. The second kappa shape index (κ2) is 10.1. The minimum Gasteiger partial charge on any atom is -0.379 e. The topological polar surface area (TPSA) is 93.5 Å². The number of aromatic nitrogens is 2. The van der Waals surface area contributed by atoms with Crippen LogP contribution in [-0.2, 0) is 37.9 Å². The molecular formula is C26H34N4O4S. The molecule has 1 N–H and O–H groups in total. The van der Waals surface area contributed by atoms with Gasteiger partial charge in [-0.1, -0.05) is 32.9 Å². The zero-order valence-corrected chi connectivity index (χ0v) is 21.7. The molecule has 1 aliphatic rings. The van der Waals surface area contributed by atoms with Crippen LogP contribution < -0.4 is 5.32 Å². The molecule has 1 aliphatic heterocycles. The first-order valence-corrected chi connectivity index (χ1v) is 13.5. The van der Waals surface area contributed by atoms with E-state index >= 15 is 0 Å². The van der Waals surface area contributed by atoms with Crippen LogP contribution in [0.15, 0.2) is 47.4 Å². The van der Waals surface area contributed by atoms with Crippen molar-refractivity contribution in [3.63, 3.8) is 0 Å². The van der Waals surface area contributed by atoms with Crippen LogP contribution in [0.4, 0.5) is 5.69 Å². The predicted octanol–water partition coefficient (Wildman–Crippen LogP) is 3.95. The van der Waals surface area contributed by atoms with E-state index in [2.05, 4.69) is 26.1 Å². The number of sulfonamides is 1. The minimum atomic E-state index is -3.60. The number of benzene rings is 2. The van der Waals surface area contributed by atoms with Gasteiger partial charge in [-0.3, -0.25) is 4.79 Å². The summed E-state index contributed by atoms with van der Waals surface area (Å²) in [7, 11) is -3.60. The monoisotopic (exact) mass is 498 g/mol. The highest BCUT2D eigenvalue weighted by Crippen LogP contribution is 2.25. The van der Waals surface area contributed by atoms with Crippen molar-refractivity contribution in [3.05, 3.63) is 53.9 Å². The molecule has 2 heterocycles. The smallest absolute Gasteiger partial charge is 0.243 e. The number of rotatable bonds is 7. The summed E-state index contributed by atoms with van der Waals surface area (Å²) >= 11 is 0. The maximum absolute atomic E-state index is 13.0. The number of carbonyl (C=O) groups is 1. The van der Waals surface area contributed by atoms with E-state index in [1.165, 1.54) is 9.87 Å². The van der Waals surface area contributed by atoms with Gasteiger partial charge in [-0.15, -0.1) is 0 Å². The third kappa shape index (κ3) is 5.58. The van der Waals surface area contributed by atoms with Crippen LogP contribution in [0.3, 0.4) is 0 Å². The first-order valence-electron chi connectivity index (χ1n) is 12.1. The number of carbonyl (C=O) groups excluding carboxylic acids is 1. The van der Waals surface area contributed by atoms with Gasteiger partial charge in [0.25, 0.3) is 0 Å². The Bertz CT molecular complexity index is 1300. The normalized spacial score (nSPS) is 15.4. The first-order chi connectivity index (χ1) is 16.6. The van der Waals surface area contributed by atoms with E-state index in [0.717, 1.165) is 17.0 Å². The summed E-state index contributed by atoms with van der Waals surface area (Å²) in [5, 5.41) is 2.96. The van der Waals surface area contributed by atoms with Gasteiger partial charge in [0.1, 0.15) is 5.82 Å². The molecule has 0 saturated carbocycles. The molecule has 1 aromatic heterocycles. The molecule has 8 nitrogen and oxygen atoms in total. The van der Waals surface area contributed by atoms with Crippen LogP contribution in [0.1, 0.15) is 45.5 Å². The molecule has 0 atom stereocenters. The number of imidazole rings is 1. The second-order valence-corrected chi connectivity index (χ2v) is 11.8. The van der Waals surface area contributed by atoms with E-state index in [1.807, 2.05) is 35.8 Å². The quantitative estimate of drug-likeness (QED) is 0.533. The summed E-state index contributed by atoms with van der Waals surface area (Å²) in [4.78, 5) is 17.5. The zero-order valence-electron chi connectivity index (χ0n) is 20.9. The SMILES string of the molecule is CCn1c(CCC(=O)Nc2ccc(C(C)(C)C)cc2)nc2cc(S(=O)(=O)N3CCOCC3)ccc21. The summed E-state index contributed by atoms with van der Waals surface area (Å²) in [6.45, 7) is 10.7. The third-order valence-corrected chi connectivity index (χ3v) is 8.23. The molecule has 4 rings (SSSR count). The number of anilines is 1. The Morgan fingerprint density at radius 3 is 2.40 bits per heavy atom. The lowest BCUT2D eigenvalue weighted by atomic mass is 9.87. The maximum Gasteiger partial charge on any atom is 0.243 e. The number of aryl methyl sites for hydroxylation is 2. The van der Waals surface area contributed by atoms with Gasteiger partial charge in [-0.2, -0.15) is 4.31 Å². The van der Waals surface area contributed by atoms with E-state index in [1.54, 1.807) is 18.2 Å². The Kier molecular flexibility index (Phi) is 7.30. The van der Waals surface area contributed by atoms with E-state index in [4.69, 9.17) is 9.72 Å². The van der Waals surface area contributed by atoms with Gasteiger partial charge >= 0.3 is 0 Å². The van der Waals surface area contributed by atoms with Crippen LogP contribution in [0.2, 0.25) is 0 Å². The highest BCUT2D eigenvalue weighted by molar-refractivity contribution is 7.89. The van der Waals surface area contributed by atoms with Crippen LogP contribution in [0.5, 0.6) is 0 Å². The number of nitrogens with zero attached hydrogens (tertiary/aromatic N) is 3. The van der Waals surface area contributed by atoms with Crippen LogP contribution >= 0.6 is 0 Å². The van der Waals surface area contributed by atoms with Crippen molar-refractivity contribution in [2.75, 3.05) is 31.6 Å². The first kappa shape index (κ1) is 25.3. The molecule has 0 bridgehead atoms. The fraction of sp³-hybridized carbons (Fsp3) is 0.462. The van der Waals surface area contributed by atoms with Gasteiger partial charge in [-0.25, -0.2) is 13.4 Å². The van der Waals surface area contributed by atoms with Crippen molar-refractivity contribution in [1.29, 1.82) is 0 Å². The lowest BCUT2D eigenvalue weighted by molar-refractivity contribution is -0.116. The van der Waals surface area contributed by atoms with Crippen molar-refractivity contribution in [2.45, 2.75) is 57.4 Å². The molecule has 2 aromatic carbocycles. The molecule has 3 aromatic rings. The number of fused-ring (bicyclic) bond motifs is 1. The Labute approximate surface area is 207 Å². The summed E-state index contributed by atoms with van der Waals surface area (Å²) in [5.74, 6) is 0.681. The minimum absolute atomic E-state index is 0.0587. The molecule has 1 saturated heterocycles. The zero-order chi connectivity index (χ0) is 25.2. The lowest BCUT2D eigenvalue weighted by Gasteiger charge is -2.26. The Balaban J connectivity index is 1.47. The lowest BCUT2D eigenvalue weighted by Crippen LogP contribution is -2.40. The van der Waals surface area contributed by atoms with Gasteiger partial charge in [0, 0.05) is 38.2 Å². The number of hydrogen-bond acceptors (Lipinski definition) is 5. The number of amides is 1. The molecule has 0 aliphatic carbocycles. The summed E-state index contributed by atoms with van der Waals surface area (Å²) in [5.41, 5.74) is 3.52. The largest absolute Gasteiger partial charge is 0.379 e. The van der Waals surface area contributed by atoms with Gasteiger partial charge in [0.2, 0.25) is 15.9 Å². The molecule has 188 valence electrons. The van der Waals surface area contributed by atoms with E-state index in [9.17, 15) is 13.2 Å². The van der Waals surface area contributed by atoms with Crippen LogP contribution in [0, 0.1) is 0 Å². The maximum atomic E-state index is 13.0. The Morgan fingerprint density at radius 1 is 1.09 bits per heavy atom. The molecule has 35 heavy (non-hydrogen) atoms. The Morgan fingerprint density at radius 2 is 1.77 bits per heavy atom. The summed E-state index contributed by atoms with van der Waals surface area (Å²) in [6.07, 6.45) is 0.739. The number of ether oxygens (including phenoxy) is 1. The van der Waals surface area contributed by atoms with Gasteiger partial charge in [-0.05, 0) is 48.2 Å². The third-order valence-electron chi connectivity index (χ3n) is 6.33. The molecule has 1 fully saturated rings. The summed E-state index contributed by atoms with van der Waals surface area (Å²) in [6, 6.07) is 13.0. The van der Waals surface area contributed by atoms with Gasteiger partial charge in [0.15, 0.2) is 0 Å². The Hall–Kier alpha value is -2.75. The second-order valence-electron chi connectivity index (χ2n) is 9.81. The molecular weight excluding hydrogens is 464 g/mol. The van der Waals surface area contributed by atoms with E-state index in [-0.39, 0.29) is 22.6 Å². The standard InChI is InChI=1S/C26H34N4O4S/c1-5-30-23-11-10-21(35(32,33)29-14-16-34-17-15-29)18-22(23)28-24(30)12-13-25(31)27-20-8-6-19(7-9-20)26(2,3)4/h6-11,18H,5,12-17H2,1-4H3,(H,27,31). The van der Waals surface area contributed by atoms with E-state index in [0.29, 0.717) is 44.8 Å². The molecule has 9 heteroatoms. The molecule has 0 spiro atoms. The van der Waals surface area contributed by atoms with Crippen LogP contribution in [0.25, 0.3) is 11.0 Å². The number of morpholine rings is 1. The predicted molar refractivity (Wildman–Crippen MR) is 137 cm³/mol. The number of nitrogens with one attached hydrogen (secondary N) is 1. The molecule has 0 radical (unpaired) electrons. The van der Waals surface area contributed by atoms with Crippen LogP contribution in [-0.4, -0.2) is 54.5 Å². The van der Waals surface area contributed by atoms with E-state index < -0.39 is 10.0 Å². The van der Waals surface area contributed by atoms with Crippen molar-refractivity contribution in [3.8, 4) is 0 Å². The molecule has 1 amide bonds. The van der Waals surface area contributed by atoms with Gasteiger partial charge < -0.3 is 14.6 Å². The average molecular weight is 499 g/mol. The average Bonchev–Trinajstić information content (AvgIpc) is 3.20. The summed E-state index contributed by atoms with van der Waals surface area (Å²) < 4.78 is 34.8. The highest BCUT2D eigenvalue weighted by atomic mass is 32.2. The number of hydrogen-bond donors (Lipinski definition) is 1.